The van der Waals surface area contributed by atoms with E-state index < -0.39 is 6.61 Å². The molecule has 4 heteroatoms. The van der Waals surface area contributed by atoms with Gasteiger partial charge in [-0.25, -0.2) is 0 Å². The monoisotopic (exact) mass is 299 g/mol. The van der Waals surface area contributed by atoms with Gasteiger partial charge in [-0.15, -0.1) is 0 Å². The van der Waals surface area contributed by atoms with Gasteiger partial charge in [-0.1, -0.05) is 51.2 Å². The van der Waals surface area contributed by atoms with Crippen molar-refractivity contribution in [3.05, 3.63) is 29.8 Å². The van der Waals surface area contributed by atoms with Crippen molar-refractivity contribution < 1.29 is 13.5 Å². The third-order valence-corrected chi connectivity index (χ3v) is 3.59. The molecule has 0 aliphatic rings. The molecule has 1 aromatic rings. The summed E-state index contributed by atoms with van der Waals surface area (Å²) in [7, 11) is 0. The molecule has 0 amide bonds. The molecule has 0 aliphatic carbocycles. The van der Waals surface area contributed by atoms with Crippen molar-refractivity contribution in [3.8, 4) is 5.75 Å². The number of unbranched alkanes of at least 4 members (excludes halogenated alkanes) is 5. The maximum Gasteiger partial charge on any atom is 0.387 e. The minimum Gasteiger partial charge on any atom is -0.435 e. The van der Waals surface area contributed by atoms with E-state index in [0.717, 1.165) is 12.1 Å². The molecule has 0 fully saturated rings. The molecule has 0 saturated carbocycles. The minimum absolute atomic E-state index is 0.205. The van der Waals surface area contributed by atoms with Gasteiger partial charge in [-0.05, 0) is 37.6 Å². The smallest absolute Gasteiger partial charge is 0.387 e. The molecule has 0 radical (unpaired) electrons. The summed E-state index contributed by atoms with van der Waals surface area (Å²) in [5.41, 5.74) is 1.09. The number of hydrogen-bond donors (Lipinski definition) is 1. The Hall–Kier alpha value is -1.16. The lowest BCUT2D eigenvalue weighted by Crippen LogP contribution is -2.19. The molecule has 0 bridgehead atoms. The Kier molecular flexibility index (Phi) is 8.99. The molecule has 1 N–H and O–H groups in total. The maximum absolute atomic E-state index is 12.1. The first-order valence-electron chi connectivity index (χ1n) is 7.91. The predicted molar refractivity (Wildman–Crippen MR) is 82.9 cm³/mol. The van der Waals surface area contributed by atoms with Gasteiger partial charge in [0.15, 0.2) is 0 Å². The highest BCUT2D eigenvalue weighted by molar-refractivity contribution is 5.28. The van der Waals surface area contributed by atoms with E-state index in [0.29, 0.717) is 0 Å². The van der Waals surface area contributed by atoms with Crippen LogP contribution >= 0.6 is 0 Å². The summed E-state index contributed by atoms with van der Waals surface area (Å²) < 4.78 is 28.5. The zero-order valence-electron chi connectivity index (χ0n) is 13.1. The Morgan fingerprint density at radius 1 is 1.00 bits per heavy atom. The first kappa shape index (κ1) is 17.9. The van der Waals surface area contributed by atoms with Crippen LogP contribution in [-0.2, 0) is 0 Å². The van der Waals surface area contributed by atoms with Crippen molar-refractivity contribution in [2.24, 2.45) is 0 Å². The largest absolute Gasteiger partial charge is 0.435 e. The van der Waals surface area contributed by atoms with Gasteiger partial charge in [0, 0.05) is 6.04 Å². The molecule has 21 heavy (non-hydrogen) atoms. The molecule has 2 nitrogen and oxygen atoms in total. The van der Waals surface area contributed by atoms with Crippen LogP contribution in [-0.4, -0.2) is 13.2 Å². The zero-order chi connectivity index (χ0) is 15.5. The number of benzene rings is 1. The minimum atomic E-state index is -2.76. The van der Waals surface area contributed by atoms with Crippen LogP contribution in [0.3, 0.4) is 0 Å². The SMILES string of the molecule is CCCCCCCCNC(C)c1ccc(OC(F)F)cc1. The highest BCUT2D eigenvalue weighted by Crippen LogP contribution is 2.19. The first-order chi connectivity index (χ1) is 10.1. The molecular weight excluding hydrogens is 272 g/mol. The van der Waals surface area contributed by atoms with E-state index in [1.54, 1.807) is 12.1 Å². The van der Waals surface area contributed by atoms with Crippen molar-refractivity contribution in [2.45, 2.75) is 65.0 Å². The summed E-state index contributed by atoms with van der Waals surface area (Å²) in [5, 5.41) is 3.46. The Morgan fingerprint density at radius 3 is 2.24 bits per heavy atom. The molecule has 0 spiro atoms. The Bertz CT molecular complexity index is 368. The molecule has 1 aromatic carbocycles. The normalized spacial score (nSPS) is 12.6. The number of halogens is 2. The summed E-state index contributed by atoms with van der Waals surface area (Å²) in [5.74, 6) is 0.205. The number of rotatable bonds is 11. The lowest BCUT2D eigenvalue weighted by Gasteiger charge is -2.15. The third kappa shape index (κ3) is 8.00. The van der Waals surface area contributed by atoms with Crippen molar-refractivity contribution in [1.82, 2.24) is 5.32 Å². The van der Waals surface area contributed by atoms with Crippen LogP contribution in [0.4, 0.5) is 8.78 Å². The van der Waals surface area contributed by atoms with E-state index in [-0.39, 0.29) is 11.8 Å². The van der Waals surface area contributed by atoms with Gasteiger partial charge in [-0.3, -0.25) is 0 Å². The Balaban J connectivity index is 2.21. The van der Waals surface area contributed by atoms with Crippen LogP contribution in [0, 0.1) is 0 Å². The quantitative estimate of drug-likeness (QED) is 0.560. The molecule has 0 aromatic heterocycles. The van der Waals surface area contributed by atoms with Gasteiger partial charge >= 0.3 is 6.61 Å². The second-order valence-electron chi connectivity index (χ2n) is 5.39. The number of alkyl halides is 2. The van der Waals surface area contributed by atoms with E-state index in [1.807, 2.05) is 12.1 Å². The third-order valence-electron chi connectivity index (χ3n) is 3.59. The summed E-state index contributed by atoms with van der Waals surface area (Å²) in [6, 6.07) is 7.06. The van der Waals surface area contributed by atoms with Gasteiger partial charge in [0.2, 0.25) is 0 Å². The molecule has 0 heterocycles. The average molecular weight is 299 g/mol. The van der Waals surface area contributed by atoms with Gasteiger partial charge in [0.1, 0.15) is 5.75 Å². The van der Waals surface area contributed by atoms with Crippen LogP contribution < -0.4 is 10.1 Å². The number of ether oxygens (including phenoxy) is 1. The van der Waals surface area contributed by atoms with Gasteiger partial charge in [0.05, 0.1) is 0 Å². The number of hydrogen-bond acceptors (Lipinski definition) is 2. The lowest BCUT2D eigenvalue weighted by molar-refractivity contribution is -0.0498. The average Bonchev–Trinajstić information content (AvgIpc) is 2.46. The van der Waals surface area contributed by atoms with Crippen LogP contribution in [0.25, 0.3) is 0 Å². The molecule has 0 aliphatic heterocycles. The van der Waals surface area contributed by atoms with Crippen molar-refractivity contribution in [1.29, 1.82) is 0 Å². The summed E-state index contributed by atoms with van der Waals surface area (Å²) >= 11 is 0. The van der Waals surface area contributed by atoms with Crippen LogP contribution in [0.2, 0.25) is 0 Å². The van der Waals surface area contributed by atoms with E-state index in [4.69, 9.17) is 0 Å². The van der Waals surface area contributed by atoms with E-state index in [1.165, 1.54) is 38.5 Å². The van der Waals surface area contributed by atoms with Crippen molar-refractivity contribution >= 4 is 0 Å². The summed E-state index contributed by atoms with van der Waals surface area (Å²) in [4.78, 5) is 0. The van der Waals surface area contributed by atoms with Crippen LogP contribution in [0.5, 0.6) is 5.75 Å². The van der Waals surface area contributed by atoms with E-state index >= 15 is 0 Å². The summed E-state index contributed by atoms with van der Waals surface area (Å²) in [6.07, 6.45) is 7.69. The lowest BCUT2D eigenvalue weighted by atomic mass is 10.1. The van der Waals surface area contributed by atoms with Gasteiger partial charge < -0.3 is 10.1 Å². The highest BCUT2D eigenvalue weighted by Gasteiger charge is 2.07. The first-order valence-corrected chi connectivity index (χ1v) is 7.91. The van der Waals surface area contributed by atoms with E-state index in [2.05, 4.69) is 23.9 Å². The fourth-order valence-electron chi connectivity index (χ4n) is 2.28. The molecule has 1 unspecified atom stereocenters. The predicted octanol–water partition coefficient (Wildman–Crippen LogP) is 5.30. The van der Waals surface area contributed by atoms with Crippen LogP contribution in [0.1, 0.15) is 64.0 Å². The summed E-state index contributed by atoms with van der Waals surface area (Å²) in [6.45, 7) is 2.53. The maximum atomic E-state index is 12.1. The standard InChI is InChI=1S/C17H27F2NO/c1-3-4-5-6-7-8-13-20-14(2)15-9-11-16(12-10-15)21-17(18)19/h9-12,14,17,20H,3-8,13H2,1-2H3. The second kappa shape index (κ2) is 10.6. The molecule has 120 valence electrons. The Labute approximate surface area is 126 Å². The van der Waals surface area contributed by atoms with Gasteiger partial charge in [0.25, 0.3) is 0 Å². The fourth-order valence-corrected chi connectivity index (χ4v) is 2.28. The van der Waals surface area contributed by atoms with Crippen LogP contribution in [0.15, 0.2) is 24.3 Å². The zero-order valence-corrected chi connectivity index (χ0v) is 13.1. The second-order valence-corrected chi connectivity index (χ2v) is 5.39. The topological polar surface area (TPSA) is 21.3 Å². The fraction of sp³-hybridized carbons (Fsp3) is 0.647. The Morgan fingerprint density at radius 2 is 1.62 bits per heavy atom. The van der Waals surface area contributed by atoms with Gasteiger partial charge in [-0.2, -0.15) is 8.78 Å². The molecular formula is C17H27F2NO. The molecule has 1 atom stereocenters. The van der Waals surface area contributed by atoms with E-state index in [9.17, 15) is 8.78 Å². The van der Waals surface area contributed by atoms with Crippen molar-refractivity contribution in [2.75, 3.05) is 6.54 Å². The molecule has 0 saturated heterocycles. The molecule has 1 rings (SSSR count). The highest BCUT2D eigenvalue weighted by atomic mass is 19.3. The number of nitrogens with one attached hydrogen (secondary N) is 1. The van der Waals surface area contributed by atoms with Crippen molar-refractivity contribution in [3.63, 3.8) is 0 Å².